The number of carbonyl (C=O) groups is 1. The first-order valence-corrected chi connectivity index (χ1v) is 10.0. The van der Waals surface area contributed by atoms with Gasteiger partial charge in [0.2, 0.25) is 9.84 Å². The molecule has 0 bridgehead atoms. The highest BCUT2D eigenvalue weighted by molar-refractivity contribution is 7.91. The summed E-state index contributed by atoms with van der Waals surface area (Å²) >= 11 is 0. The van der Waals surface area contributed by atoms with Gasteiger partial charge in [-0.15, -0.1) is 0 Å². The van der Waals surface area contributed by atoms with E-state index in [-0.39, 0.29) is 21.4 Å². The topological polar surface area (TPSA) is 85.4 Å². The highest BCUT2D eigenvalue weighted by Gasteiger charge is 2.20. The van der Waals surface area contributed by atoms with Crippen molar-refractivity contribution >= 4 is 21.4 Å². The van der Waals surface area contributed by atoms with E-state index in [1.807, 2.05) is 32.0 Å². The largest absolute Gasteiger partial charge is 0.497 e. The minimum atomic E-state index is -3.77. The van der Waals surface area contributed by atoms with Crippen molar-refractivity contribution in [3.8, 4) is 5.75 Å². The van der Waals surface area contributed by atoms with Crippen LogP contribution in [0.1, 0.15) is 21.5 Å². The van der Waals surface area contributed by atoms with Crippen LogP contribution >= 0.6 is 0 Å². The standard InChI is InChI=1S/C21H20N2O4S/c1-14-4-6-17(12-15(14)2)23-21(24)16-5-11-20(22-13-16)28(25,26)19-9-7-18(27-3)8-10-19/h4-13H,1-3H3,(H,23,24). The smallest absolute Gasteiger partial charge is 0.257 e. The molecule has 1 aromatic heterocycles. The summed E-state index contributed by atoms with van der Waals surface area (Å²) in [5.41, 5.74) is 3.14. The highest BCUT2D eigenvalue weighted by atomic mass is 32.2. The molecule has 0 spiro atoms. The molecule has 1 heterocycles. The summed E-state index contributed by atoms with van der Waals surface area (Å²) in [6.45, 7) is 3.96. The minimum absolute atomic E-state index is 0.105. The number of nitrogens with one attached hydrogen (secondary N) is 1. The van der Waals surface area contributed by atoms with Crippen molar-refractivity contribution in [2.24, 2.45) is 0 Å². The Bertz CT molecular complexity index is 1110. The van der Waals surface area contributed by atoms with Crippen molar-refractivity contribution < 1.29 is 17.9 Å². The van der Waals surface area contributed by atoms with Gasteiger partial charge in [-0.25, -0.2) is 13.4 Å². The molecule has 28 heavy (non-hydrogen) atoms. The molecule has 0 aliphatic heterocycles. The van der Waals surface area contributed by atoms with Gasteiger partial charge in [0.15, 0.2) is 5.03 Å². The first-order chi connectivity index (χ1) is 13.3. The quantitative estimate of drug-likeness (QED) is 0.709. The molecular formula is C21H20N2O4S. The summed E-state index contributed by atoms with van der Waals surface area (Å²) in [5.74, 6) is 0.203. The fourth-order valence-electron chi connectivity index (χ4n) is 2.57. The zero-order chi connectivity index (χ0) is 20.3. The van der Waals surface area contributed by atoms with Gasteiger partial charge in [0.1, 0.15) is 5.75 Å². The second kappa shape index (κ2) is 7.82. The first kappa shape index (κ1) is 19.6. The fraction of sp³-hybridized carbons (Fsp3) is 0.143. The highest BCUT2D eigenvalue weighted by Crippen LogP contribution is 2.22. The Balaban J connectivity index is 1.79. The molecule has 0 saturated carbocycles. The van der Waals surface area contributed by atoms with Gasteiger partial charge in [-0.05, 0) is 73.5 Å². The van der Waals surface area contributed by atoms with E-state index in [0.29, 0.717) is 11.4 Å². The van der Waals surface area contributed by atoms with E-state index in [2.05, 4.69) is 10.3 Å². The number of hydrogen-bond acceptors (Lipinski definition) is 5. The SMILES string of the molecule is COc1ccc(S(=O)(=O)c2ccc(C(=O)Nc3ccc(C)c(C)c3)cn2)cc1. The zero-order valence-electron chi connectivity index (χ0n) is 15.8. The van der Waals surface area contributed by atoms with Gasteiger partial charge in [-0.1, -0.05) is 6.07 Å². The predicted octanol–water partition coefficient (Wildman–Crippen LogP) is 3.79. The Labute approximate surface area is 164 Å². The molecular weight excluding hydrogens is 376 g/mol. The van der Waals surface area contributed by atoms with Crippen LogP contribution in [-0.4, -0.2) is 26.4 Å². The number of nitrogens with zero attached hydrogens (tertiary/aromatic N) is 1. The lowest BCUT2D eigenvalue weighted by atomic mass is 10.1. The summed E-state index contributed by atoms with van der Waals surface area (Å²) < 4.78 is 30.4. The second-order valence-corrected chi connectivity index (χ2v) is 8.21. The number of ether oxygens (including phenoxy) is 1. The van der Waals surface area contributed by atoms with Crippen LogP contribution in [0.4, 0.5) is 5.69 Å². The van der Waals surface area contributed by atoms with Gasteiger partial charge in [0, 0.05) is 11.9 Å². The van der Waals surface area contributed by atoms with E-state index in [4.69, 9.17) is 4.74 Å². The average molecular weight is 396 g/mol. The molecule has 0 aliphatic carbocycles. The second-order valence-electron chi connectivity index (χ2n) is 6.32. The Morgan fingerprint density at radius 1 is 0.964 bits per heavy atom. The molecule has 144 valence electrons. The minimum Gasteiger partial charge on any atom is -0.497 e. The Kier molecular flexibility index (Phi) is 5.46. The number of hydrogen-bond donors (Lipinski definition) is 1. The fourth-order valence-corrected chi connectivity index (χ4v) is 3.75. The molecule has 0 atom stereocenters. The monoisotopic (exact) mass is 396 g/mol. The van der Waals surface area contributed by atoms with E-state index in [9.17, 15) is 13.2 Å². The lowest BCUT2D eigenvalue weighted by Crippen LogP contribution is -2.13. The van der Waals surface area contributed by atoms with Crippen molar-refractivity contribution in [2.45, 2.75) is 23.8 Å². The number of aryl methyl sites for hydroxylation is 2. The maximum absolute atomic E-state index is 12.7. The summed E-state index contributed by atoms with van der Waals surface area (Å²) in [5, 5.41) is 2.66. The van der Waals surface area contributed by atoms with Gasteiger partial charge in [0.25, 0.3) is 5.91 Å². The van der Waals surface area contributed by atoms with Gasteiger partial charge >= 0.3 is 0 Å². The zero-order valence-corrected chi connectivity index (χ0v) is 16.6. The number of benzene rings is 2. The van der Waals surface area contributed by atoms with Gasteiger partial charge in [-0.2, -0.15) is 0 Å². The molecule has 3 rings (SSSR count). The summed E-state index contributed by atoms with van der Waals surface area (Å²) in [6.07, 6.45) is 1.26. The molecule has 0 radical (unpaired) electrons. The molecule has 1 amide bonds. The van der Waals surface area contributed by atoms with Crippen LogP contribution in [0.15, 0.2) is 70.7 Å². The number of anilines is 1. The molecule has 0 aliphatic rings. The third kappa shape index (κ3) is 4.04. The molecule has 0 fully saturated rings. The number of amides is 1. The molecule has 7 heteroatoms. The van der Waals surface area contributed by atoms with Crippen molar-refractivity contribution in [3.05, 3.63) is 77.5 Å². The average Bonchev–Trinajstić information content (AvgIpc) is 2.71. The number of methoxy groups -OCH3 is 1. The van der Waals surface area contributed by atoms with Crippen LogP contribution < -0.4 is 10.1 Å². The normalized spacial score (nSPS) is 11.1. The third-order valence-corrected chi connectivity index (χ3v) is 6.09. The molecule has 6 nitrogen and oxygen atoms in total. The van der Waals surface area contributed by atoms with Crippen molar-refractivity contribution in [1.29, 1.82) is 0 Å². The molecule has 0 unspecified atom stereocenters. The first-order valence-electron chi connectivity index (χ1n) is 8.55. The van der Waals surface area contributed by atoms with Crippen molar-refractivity contribution in [2.75, 3.05) is 12.4 Å². The summed E-state index contributed by atoms with van der Waals surface area (Å²) in [6, 6.07) is 14.4. The van der Waals surface area contributed by atoms with E-state index >= 15 is 0 Å². The Hall–Kier alpha value is -3.19. The number of pyridine rings is 1. The van der Waals surface area contributed by atoms with Crippen LogP contribution in [0.3, 0.4) is 0 Å². The maximum atomic E-state index is 12.7. The lowest BCUT2D eigenvalue weighted by molar-refractivity contribution is 0.102. The maximum Gasteiger partial charge on any atom is 0.257 e. The van der Waals surface area contributed by atoms with Crippen molar-refractivity contribution in [1.82, 2.24) is 4.98 Å². The molecule has 1 N–H and O–H groups in total. The van der Waals surface area contributed by atoms with Gasteiger partial charge < -0.3 is 10.1 Å². The number of carbonyl (C=O) groups excluding carboxylic acids is 1. The van der Waals surface area contributed by atoms with Crippen LogP contribution in [0, 0.1) is 13.8 Å². The van der Waals surface area contributed by atoms with Crippen molar-refractivity contribution in [3.63, 3.8) is 0 Å². The van der Waals surface area contributed by atoms with E-state index in [1.165, 1.54) is 37.6 Å². The molecule has 2 aromatic carbocycles. The van der Waals surface area contributed by atoms with Gasteiger partial charge in [-0.3, -0.25) is 4.79 Å². The Morgan fingerprint density at radius 3 is 2.25 bits per heavy atom. The van der Waals surface area contributed by atoms with E-state index < -0.39 is 9.84 Å². The van der Waals surface area contributed by atoms with Gasteiger partial charge in [0.05, 0.1) is 17.6 Å². The van der Waals surface area contributed by atoms with Crippen LogP contribution in [-0.2, 0) is 9.84 Å². The number of sulfone groups is 1. The molecule has 0 saturated heterocycles. The van der Waals surface area contributed by atoms with E-state index in [1.54, 1.807) is 12.1 Å². The lowest BCUT2D eigenvalue weighted by Gasteiger charge is -2.09. The van der Waals surface area contributed by atoms with E-state index in [0.717, 1.165) is 11.1 Å². The Morgan fingerprint density at radius 2 is 1.68 bits per heavy atom. The van der Waals surface area contributed by atoms with Crippen LogP contribution in [0.25, 0.3) is 0 Å². The number of rotatable bonds is 5. The summed E-state index contributed by atoms with van der Waals surface area (Å²) in [4.78, 5) is 16.5. The van der Waals surface area contributed by atoms with Crippen LogP contribution in [0.2, 0.25) is 0 Å². The molecule has 3 aromatic rings. The number of aromatic nitrogens is 1. The predicted molar refractivity (Wildman–Crippen MR) is 107 cm³/mol. The third-order valence-electron chi connectivity index (χ3n) is 4.41. The van der Waals surface area contributed by atoms with Crippen LogP contribution in [0.5, 0.6) is 5.75 Å². The summed E-state index contributed by atoms with van der Waals surface area (Å²) in [7, 11) is -2.27.